The smallest absolute Gasteiger partial charge is 0.123 e. The van der Waals surface area contributed by atoms with E-state index in [0.29, 0.717) is 5.75 Å². The third-order valence-electron chi connectivity index (χ3n) is 5.29. The fraction of sp³-hybridized carbons (Fsp3) is 0.565. The number of rotatable bonds is 2. The number of benzene rings is 1. The summed E-state index contributed by atoms with van der Waals surface area (Å²) < 4.78 is 0. The van der Waals surface area contributed by atoms with Crippen molar-refractivity contribution in [2.24, 2.45) is 5.41 Å². The Labute approximate surface area is 148 Å². The number of aromatic hydroxyl groups is 1. The monoisotopic (exact) mass is 326 g/mol. The predicted octanol–water partition coefficient (Wildman–Crippen LogP) is 6.58. The molecule has 132 valence electrons. The number of hydrogen-bond donors (Lipinski definition) is 1. The Morgan fingerprint density at radius 3 is 1.83 bits per heavy atom. The van der Waals surface area contributed by atoms with Crippen LogP contribution in [0.2, 0.25) is 0 Å². The summed E-state index contributed by atoms with van der Waals surface area (Å²) in [6.07, 6.45) is 5.69. The Bertz CT molecular complexity index is 701. The SMILES string of the molecule is Cc1cc(C(C)(C)C)c(O)c(C(C)(C)C2=CCC(C(C)(C)C)=C2)c1. The van der Waals surface area contributed by atoms with Crippen LogP contribution in [0.5, 0.6) is 5.75 Å². The van der Waals surface area contributed by atoms with E-state index in [1.165, 1.54) is 16.7 Å². The summed E-state index contributed by atoms with van der Waals surface area (Å²) in [5, 5.41) is 11.0. The number of phenolic OH excluding ortho intramolecular Hbond substituents is 1. The molecule has 0 spiro atoms. The zero-order valence-corrected chi connectivity index (χ0v) is 17.0. The highest BCUT2D eigenvalue weighted by atomic mass is 16.3. The molecule has 1 aliphatic carbocycles. The molecular formula is C23H34O. The van der Waals surface area contributed by atoms with Gasteiger partial charge in [0.05, 0.1) is 0 Å². The van der Waals surface area contributed by atoms with E-state index in [4.69, 9.17) is 0 Å². The molecule has 1 aliphatic rings. The molecule has 0 radical (unpaired) electrons. The van der Waals surface area contributed by atoms with E-state index in [1.807, 2.05) is 0 Å². The lowest BCUT2D eigenvalue weighted by atomic mass is 9.73. The molecule has 0 aliphatic heterocycles. The van der Waals surface area contributed by atoms with Gasteiger partial charge in [0.25, 0.3) is 0 Å². The maximum atomic E-state index is 11.0. The second kappa shape index (κ2) is 5.79. The topological polar surface area (TPSA) is 20.2 Å². The van der Waals surface area contributed by atoms with Gasteiger partial charge < -0.3 is 5.11 Å². The van der Waals surface area contributed by atoms with Crippen molar-refractivity contribution in [2.45, 2.75) is 79.6 Å². The molecule has 2 rings (SSSR count). The fourth-order valence-electron chi connectivity index (χ4n) is 3.47. The maximum Gasteiger partial charge on any atom is 0.123 e. The van der Waals surface area contributed by atoms with Gasteiger partial charge in [0.2, 0.25) is 0 Å². The number of aryl methyl sites for hydroxylation is 1. The van der Waals surface area contributed by atoms with E-state index in [-0.39, 0.29) is 16.2 Å². The van der Waals surface area contributed by atoms with Gasteiger partial charge >= 0.3 is 0 Å². The summed E-state index contributed by atoms with van der Waals surface area (Å²) in [5.74, 6) is 0.455. The van der Waals surface area contributed by atoms with Gasteiger partial charge in [-0.05, 0) is 35.3 Å². The first kappa shape index (κ1) is 18.8. The molecule has 0 bridgehead atoms. The third kappa shape index (κ3) is 3.45. The third-order valence-corrected chi connectivity index (χ3v) is 5.29. The highest BCUT2D eigenvalue weighted by molar-refractivity contribution is 5.55. The highest BCUT2D eigenvalue weighted by Gasteiger charge is 2.33. The summed E-state index contributed by atoms with van der Waals surface area (Å²) in [7, 11) is 0. The second-order valence-electron chi connectivity index (χ2n) is 9.87. The van der Waals surface area contributed by atoms with Crippen molar-refractivity contribution in [1.82, 2.24) is 0 Å². The lowest BCUT2D eigenvalue weighted by Crippen LogP contribution is -2.22. The van der Waals surface area contributed by atoms with Gasteiger partial charge in [-0.3, -0.25) is 0 Å². The molecule has 1 nitrogen and oxygen atoms in total. The molecule has 1 aromatic rings. The van der Waals surface area contributed by atoms with Gasteiger partial charge in [0.15, 0.2) is 0 Å². The van der Waals surface area contributed by atoms with Crippen LogP contribution in [0.3, 0.4) is 0 Å². The molecule has 0 heterocycles. The van der Waals surface area contributed by atoms with Crippen molar-refractivity contribution < 1.29 is 5.11 Å². The van der Waals surface area contributed by atoms with Gasteiger partial charge in [0.1, 0.15) is 5.75 Å². The van der Waals surface area contributed by atoms with Crippen LogP contribution in [0.25, 0.3) is 0 Å². The largest absolute Gasteiger partial charge is 0.507 e. The Morgan fingerprint density at radius 2 is 1.38 bits per heavy atom. The quantitative estimate of drug-likeness (QED) is 0.651. The number of hydrogen-bond acceptors (Lipinski definition) is 1. The predicted molar refractivity (Wildman–Crippen MR) is 105 cm³/mol. The Balaban J connectivity index is 2.56. The minimum Gasteiger partial charge on any atom is -0.507 e. The van der Waals surface area contributed by atoms with E-state index in [0.717, 1.165) is 17.5 Å². The normalized spacial score (nSPS) is 16.2. The first-order chi connectivity index (χ1) is 10.7. The summed E-state index contributed by atoms with van der Waals surface area (Å²) in [4.78, 5) is 0. The molecule has 0 amide bonds. The molecule has 0 saturated heterocycles. The molecule has 0 unspecified atom stereocenters. The average Bonchev–Trinajstić information content (AvgIpc) is 2.89. The minimum absolute atomic E-state index is 0.0720. The van der Waals surface area contributed by atoms with E-state index in [1.54, 1.807) is 0 Å². The molecule has 1 aromatic carbocycles. The highest BCUT2D eigenvalue weighted by Crippen LogP contribution is 2.46. The van der Waals surface area contributed by atoms with Crippen LogP contribution in [0.4, 0.5) is 0 Å². The molecule has 0 aromatic heterocycles. The summed E-state index contributed by atoms with van der Waals surface area (Å²) in [6.45, 7) is 19.8. The summed E-state index contributed by atoms with van der Waals surface area (Å²) in [6, 6.07) is 4.27. The van der Waals surface area contributed by atoms with Gasteiger partial charge in [0, 0.05) is 11.0 Å². The molecule has 0 fully saturated rings. The molecule has 0 atom stereocenters. The van der Waals surface area contributed by atoms with Crippen LogP contribution in [0.15, 0.2) is 35.4 Å². The Hall–Kier alpha value is -1.50. The second-order valence-corrected chi connectivity index (χ2v) is 9.87. The van der Waals surface area contributed by atoms with Crippen molar-refractivity contribution in [2.75, 3.05) is 0 Å². The van der Waals surface area contributed by atoms with Gasteiger partial charge in [-0.25, -0.2) is 0 Å². The van der Waals surface area contributed by atoms with Crippen LogP contribution >= 0.6 is 0 Å². The van der Waals surface area contributed by atoms with Crippen LogP contribution in [-0.2, 0) is 10.8 Å². The van der Waals surface area contributed by atoms with E-state index < -0.39 is 0 Å². The van der Waals surface area contributed by atoms with Crippen molar-refractivity contribution >= 4 is 0 Å². The lowest BCUT2D eigenvalue weighted by molar-refractivity contribution is 0.427. The van der Waals surface area contributed by atoms with Crippen LogP contribution in [0, 0.1) is 12.3 Å². The summed E-state index contributed by atoms with van der Waals surface area (Å²) in [5.41, 5.74) is 5.97. The maximum absolute atomic E-state index is 11.0. The van der Waals surface area contributed by atoms with Crippen molar-refractivity contribution in [1.29, 1.82) is 0 Å². The van der Waals surface area contributed by atoms with Crippen LogP contribution < -0.4 is 0 Å². The van der Waals surface area contributed by atoms with Crippen LogP contribution in [0.1, 0.15) is 78.5 Å². The molecule has 1 N–H and O–H groups in total. The molecule has 24 heavy (non-hydrogen) atoms. The molecule has 1 heteroatoms. The first-order valence-corrected chi connectivity index (χ1v) is 9.01. The zero-order chi connectivity index (χ0) is 18.5. The summed E-state index contributed by atoms with van der Waals surface area (Å²) >= 11 is 0. The number of phenols is 1. The van der Waals surface area contributed by atoms with E-state index in [2.05, 4.69) is 86.6 Å². The van der Waals surface area contributed by atoms with Crippen LogP contribution in [-0.4, -0.2) is 5.11 Å². The van der Waals surface area contributed by atoms with E-state index in [9.17, 15) is 5.11 Å². The van der Waals surface area contributed by atoms with Gasteiger partial charge in [-0.1, -0.05) is 90.8 Å². The Morgan fingerprint density at radius 1 is 0.833 bits per heavy atom. The first-order valence-electron chi connectivity index (χ1n) is 9.01. The van der Waals surface area contributed by atoms with Crippen molar-refractivity contribution in [3.63, 3.8) is 0 Å². The average molecular weight is 327 g/mol. The lowest BCUT2D eigenvalue weighted by Gasteiger charge is -2.31. The minimum atomic E-state index is -0.205. The van der Waals surface area contributed by atoms with Gasteiger partial charge in [-0.15, -0.1) is 0 Å². The molecular weight excluding hydrogens is 292 g/mol. The fourth-order valence-corrected chi connectivity index (χ4v) is 3.47. The number of allylic oxidation sites excluding steroid dienone is 4. The van der Waals surface area contributed by atoms with E-state index >= 15 is 0 Å². The van der Waals surface area contributed by atoms with Crippen molar-refractivity contribution in [3.05, 3.63) is 52.1 Å². The zero-order valence-electron chi connectivity index (χ0n) is 17.0. The standard InChI is InChI=1S/C23H34O/c1-15-12-18(22(5,6)7)20(24)19(13-15)23(8,9)17-11-10-16(14-17)21(2,3)4/h11-14,24H,10H2,1-9H3. The molecule has 0 saturated carbocycles. The van der Waals surface area contributed by atoms with Crippen molar-refractivity contribution in [3.8, 4) is 5.75 Å². The Kier molecular flexibility index (Phi) is 4.54. The van der Waals surface area contributed by atoms with Gasteiger partial charge in [-0.2, -0.15) is 0 Å².